The van der Waals surface area contributed by atoms with Crippen molar-refractivity contribution < 1.29 is 0 Å². The molecule has 1 heterocycles. The second-order valence-corrected chi connectivity index (χ2v) is 3.95. The standard InChI is InChI=1S/C14H14N4/c1-3-11-4-6-13(7-5-11)18(2)14-10-16-12(8-15)9-17-14/h4-7,9-10H,3H2,1-2H3. The van der Waals surface area contributed by atoms with Crippen molar-refractivity contribution in [2.45, 2.75) is 13.3 Å². The SMILES string of the molecule is CCc1ccc(N(C)c2cnc(C#N)cn2)cc1. The van der Waals surface area contributed by atoms with Gasteiger partial charge in [-0.2, -0.15) is 5.26 Å². The Bertz CT molecular complexity index is 552. The highest BCUT2D eigenvalue weighted by atomic mass is 15.2. The largest absolute Gasteiger partial charge is 0.328 e. The van der Waals surface area contributed by atoms with Gasteiger partial charge in [0.15, 0.2) is 11.5 Å². The first-order valence-corrected chi connectivity index (χ1v) is 5.79. The second kappa shape index (κ2) is 5.28. The van der Waals surface area contributed by atoms with Crippen molar-refractivity contribution in [3.63, 3.8) is 0 Å². The summed E-state index contributed by atoms with van der Waals surface area (Å²) in [6.45, 7) is 2.13. The molecule has 0 saturated carbocycles. The Morgan fingerprint density at radius 3 is 2.39 bits per heavy atom. The van der Waals surface area contributed by atoms with Crippen LogP contribution in [0.25, 0.3) is 0 Å². The molecule has 0 bridgehead atoms. The fourth-order valence-corrected chi connectivity index (χ4v) is 1.64. The Morgan fingerprint density at radius 2 is 1.89 bits per heavy atom. The molecule has 0 aliphatic rings. The lowest BCUT2D eigenvalue weighted by molar-refractivity contribution is 1.07. The predicted octanol–water partition coefficient (Wildman–Crippen LogP) is 2.68. The van der Waals surface area contributed by atoms with E-state index < -0.39 is 0 Å². The lowest BCUT2D eigenvalue weighted by atomic mass is 10.1. The van der Waals surface area contributed by atoms with Gasteiger partial charge >= 0.3 is 0 Å². The quantitative estimate of drug-likeness (QED) is 0.825. The Morgan fingerprint density at radius 1 is 1.17 bits per heavy atom. The highest BCUT2D eigenvalue weighted by Crippen LogP contribution is 2.21. The Hall–Kier alpha value is -2.41. The van der Waals surface area contributed by atoms with Crippen molar-refractivity contribution in [1.82, 2.24) is 9.97 Å². The first kappa shape index (κ1) is 12.1. The van der Waals surface area contributed by atoms with Crippen molar-refractivity contribution in [3.05, 3.63) is 47.9 Å². The molecule has 0 aliphatic heterocycles. The summed E-state index contributed by atoms with van der Waals surface area (Å²) in [6.07, 6.45) is 4.11. The van der Waals surface area contributed by atoms with Gasteiger partial charge in [-0.15, -0.1) is 0 Å². The van der Waals surface area contributed by atoms with Crippen molar-refractivity contribution in [1.29, 1.82) is 5.26 Å². The molecule has 0 radical (unpaired) electrons. The van der Waals surface area contributed by atoms with Gasteiger partial charge in [0, 0.05) is 12.7 Å². The number of aryl methyl sites for hydroxylation is 1. The zero-order chi connectivity index (χ0) is 13.0. The molecular weight excluding hydrogens is 224 g/mol. The molecule has 0 spiro atoms. The third-order valence-corrected chi connectivity index (χ3v) is 2.83. The number of benzene rings is 1. The minimum Gasteiger partial charge on any atom is -0.328 e. The zero-order valence-corrected chi connectivity index (χ0v) is 10.5. The van der Waals surface area contributed by atoms with Gasteiger partial charge in [0.05, 0.1) is 12.4 Å². The molecule has 0 unspecified atom stereocenters. The van der Waals surface area contributed by atoms with Crippen LogP contribution in [0.4, 0.5) is 11.5 Å². The van der Waals surface area contributed by atoms with E-state index >= 15 is 0 Å². The maximum atomic E-state index is 8.68. The minimum atomic E-state index is 0.327. The molecule has 90 valence electrons. The first-order valence-electron chi connectivity index (χ1n) is 5.79. The molecule has 0 aliphatic carbocycles. The molecule has 2 aromatic rings. The van der Waals surface area contributed by atoms with Crippen LogP contribution in [-0.2, 0) is 6.42 Å². The van der Waals surface area contributed by atoms with E-state index in [1.807, 2.05) is 18.0 Å². The topological polar surface area (TPSA) is 52.8 Å². The second-order valence-electron chi connectivity index (χ2n) is 3.95. The van der Waals surface area contributed by atoms with Gasteiger partial charge < -0.3 is 4.90 Å². The van der Waals surface area contributed by atoms with Gasteiger partial charge in [0.2, 0.25) is 0 Å². The van der Waals surface area contributed by atoms with Crippen LogP contribution in [0.1, 0.15) is 18.2 Å². The third kappa shape index (κ3) is 2.46. The number of aromatic nitrogens is 2. The van der Waals surface area contributed by atoms with Crippen molar-refractivity contribution in [2.75, 3.05) is 11.9 Å². The fraction of sp³-hybridized carbons (Fsp3) is 0.214. The van der Waals surface area contributed by atoms with Crippen molar-refractivity contribution in [2.24, 2.45) is 0 Å². The van der Waals surface area contributed by atoms with Crippen LogP contribution < -0.4 is 4.90 Å². The molecule has 4 nitrogen and oxygen atoms in total. The van der Waals surface area contributed by atoms with E-state index in [0.29, 0.717) is 5.69 Å². The number of hydrogen-bond donors (Lipinski definition) is 0. The Balaban J connectivity index is 2.23. The number of rotatable bonds is 3. The van der Waals surface area contributed by atoms with Crippen LogP contribution in [0, 0.1) is 11.3 Å². The van der Waals surface area contributed by atoms with E-state index in [2.05, 4.69) is 41.2 Å². The van der Waals surface area contributed by atoms with E-state index in [0.717, 1.165) is 17.9 Å². The number of anilines is 2. The smallest absolute Gasteiger partial charge is 0.158 e. The molecule has 1 aromatic heterocycles. The third-order valence-electron chi connectivity index (χ3n) is 2.83. The van der Waals surface area contributed by atoms with Gasteiger partial charge in [0.25, 0.3) is 0 Å². The maximum Gasteiger partial charge on any atom is 0.158 e. The summed E-state index contributed by atoms with van der Waals surface area (Å²) in [4.78, 5) is 10.2. The van der Waals surface area contributed by atoms with Crippen LogP contribution in [0.3, 0.4) is 0 Å². The van der Waals surface area contributed by atoms with Crippen LogP contribution in [-0.4, -0.2) is 17.0 Å². The number of hydrogen-bond acceptors (Lipinski definition) is 4. The normalized spacial score (nSPS) is 9.83. The fourth-order valence-electron chi connectivity index (χ4n) is 1.64. The molecule has 0 atom stereocenters. The molecule has 0 fully saturated rings. The average Bonchev–Trinajstić information content (AvgIpc) is 2.47. The first-order chi connectivity index (χ1) is 8.74. The summed E-state index contributed by atoms with van der Waals surface area (Å²) in [7, 11) is 1.93. The summed E-state index contributed by atoms with van der Waals surface area (Å²) < 4.78 is 0. The number of nitriles is 1. The Kier molecular flexibility index (Phi) is 3.54. The summed E-state index contributed by atoms with van der Waals surface area (Å²) in [6, 6.07) is 10.3. The van der Waals surface area contributed by atoms with Crippen molar-refractivity contribution >= 4 is 11.5 Å². The van der Waals surface area contributed by atoms with Crippen molar-refractivity contribution in [3.8, 4) is 6.07 Å². The van der Waals surface area contributed by atoms with Gasteiger partial charge in [-0.1, -0.05) is 19.1 Å². The van der Waals surface area contributed by atoms with E-state index in [1.165, 1.54) is 11.8 Å². The van der Waals surface area contributed by atoms with E-state index in [1.54, 1.807) is 6.20 Å². The molecule has 4 heteroatoms. The molecule has 0 N–H and O–H groups in total. The van der Waals surface area contributed by atoms with Gasteiger partial charge in [-0.3, -0.25) is 0 Å². The predicted molar refractivity (Wildman–Crippen MR) is 70.6 cm³/mol. The molecule has 2 rings (SSSR count). The molecule has 0 amide bonds. The molecule has 18 heavy (non-hydrogen) atoms. The zero-order valence-electron chi connectivity index (χ0n) is 10.5. The molecule has 1 aromatic carbocycles. The monoisotopic (exact) mass is 238 g/mol. The minimum absolute atomic E-state index is 0.327. The van der Waals surface area contributed by atoms with Crippen LogP contribution in [0.2, 0.25) is 0 Å². The van der Waals surface area contributed by atoms with Crippen LogP contribution in [0.15, 0.2) is 36.7 Å². The highest BCUT2D eigenvalue weighted by Gasteiger charge is 2.05. The van der Waals surface area contributed by atoms with Gasteiger partial charge in [-0.25, -0.2) is 9.97 Å². The Labute approximate surface area is 107 Å². The summed E-state index contributed by atoms with van der Waals surface area (Å²) in [5.74, 6) is 0.721. The highest BCUT2D eigenvalue weighted by molar-refractivity contribution is 5.58. The average molecular weight is 238 g/mol. The van der Waals surface area contributed by atoms with E-state index in [9.17, 15) is 0 Å². The van der Waals surface area contributed by atoms with Gasteiger partial charge in [0.1, 0.15) is 6.07 Å². The van der Waals surface area contributed by atoms with Crippen LogP contribution >= 0.6 is 0 Å². The lowest BCUT2D eigenvalue weighted by Gasteiger charge is -2.17. The summed E-state index contributed by atoms with van der Waals surface area (Å²) in [5.41, 5.74) is 2.68. The van der Waals surface area contributed by atoms with E-state index in [4.69, 9.17) is 5.26 Å². The molecular formula is C14H14N4. The summed E-state index contributed by atoms with van der Waals surface area (Å²) in [5, 5.41) is 8.68. The maximum absolute atomic E-state index is 8.68. The molecule has 0 saturated heterocycles. The number of nitrogens with zero attached hydrogens (tertiary/aromatic N) is 4. The van der Waals surface area contributed by atoms with Gasteiger partial charge in [-0.05, 0) is 24.1 Å². The van der Waals surface area contributed by atoms with Crippen LogP contribution in [0.5, 0.6) is 0 Å². The summed E-state index contributed by atoms with van der Waals surface area (Å²) >= 11 is 0. The van der Waals surface area contributed by atoms with E-state index in [-0.39, 0.29) is 0 Å². The lowest BCUT2D eigenvalue weighted by Crippen LogP contribution is -2.11.